The number of aliphatic hydroxyl groups is 1. The van der Waals surface area contributed by atoms with Gasteiger partial charge in [-0.2, -0.15) is 4.31 Å². The number of sulfonamides is 1. The molecule has 0 aromatic carbocycles. The van der Waals surface area contributed by atoms with Gasteiger partial charge < -0.3 is 5.11 Å². The Hall–Kier alpha value is -0.130. The Balaban J connectivity index is 2.76. The minimum Gasteiger partial charge on any atom is -0.395 e. The van der Waals surface area contributed by atoms with Gasteiger partial charge in [0.1, 0.15) is 0 Å². The molecule has 0 saturated heterocycles. The molecule has 0 aromatic heterocycles. The van der Waals surface area contributed by atoms with Gasteiger partial charge in [0, 0.05) is 12.6 Å². The molecule has 1 aliphatic carbocycles. The summed E-state index contributed by atoms with van der Waals surface area (Å²) in [4.78, 5) is 0. The molecular weight excluding hydrogens is 190 g/mol. The molecule has 0 heterocycles. The van der Waals surface area contributed by atoms with Gasteiger partial charge in [-0.25, -0.2) is 8.42 Å². The summed E-state index contributed by atoms with van der Waals surface area (Å²) in [5.74, 6) is 0. The van der Waals surface area contributed by atoms with Crippen LogP contribution in [0, 0.1) is 0 Å². The number of nitrogens with zero attached hydrogens (tertiary/aromatic N) is 1. The Labute approximate surface area is 79.6 Å². The summed E-state index contributed by atoms with van der Waals surface area (Å²) in [5.41, 5.74) is 0. The van der Waals surface area contributed by atoms with E-state index >= 15 is 0 Å². The second kappa shape index (κ2) is 3.94. The lowest BCUT2D eigenvalue weighted by Crippen LogP contribution is -2.40. The monoisotopic (exact) mass is 207 g/mol. The zero-order chi connectivity index (χ0) is 10.1. The summed E-state index contributed by atoms with van der Waals surface area (Å²) < 4.78 is 25.0. The average molecular weight is 207 g/mol. The Morgan fingerprint density at radius 1 is 1.54 bits per heavy atom. The van der Waals surface area contributed by atoms with Gasteiger partial charge in [0.05, 0.1) is 11.9 Å². The molecule has 1 rings (SSSR count). The van der Waals surface area contributed by atoms with Crippen molar-refractivity contribution < 1.29 is 13.5 Å². The van der Waals surface area contributed by atoms with Crippen LogP contribution in [0.3, 0.4) is 0 Å². The molecule has 5 heteroatoms. The van der Waals surface area contributed by atoms with Crippen molar-refractivity contribution >= 4 is 10.0 Å². The second-order valence-electron chi connectivity index (χ2n) is 3.47. The molecule has 78 valence electrons. The minimum atomic E-state index is -3.25. The molecule has 0 spiro atoms. The second-order valence-corrected chi connectivity index (χ2v) is 5.78. The maximum absolute atomic E-state index is 11.7. The Morgan fingerprint density at radius 3 is 2.38 bits per heavy atom. The van der Waals surface area contributed by atoms with Crippen molar-refractivity contribution in [1.29, 1.82) is 0 Å². The third kappa shape index (κ3) is 2.21. The minimum absolute atomic E-state index is 0.198. The van der Waals surface area contributed by atoms with Crippen molar-refractivity contribution in [2.24, 2.45) is 0 Å². The van der Waals surface area contributed by atoms with Gasteiger partial charge in [0.25, 0.3) is 0 Å². The van der Waals surface area contributed by atoms with E-state index in [9.17, 15) is 8.42 Å². The van der Waals surface area contributed by atoms with Gasteiger partial charge in [0.15, 0.2) is 0 Å². The van der Waals surface area contributed by atoms with E-state index in [0.717, 1.165) is 12.8 Å². The molecular formula is C8H17NO3S. The highest BCUT2D eigenvalue weighted by Gasteiger charge is 2.38. The summed E-state index contributed by atoms with van der Waals surface area (Å²) in [6, 6.07) is 0.198. The normalized spacial score (nSPS) is 20.6. The highest BCUT2D eigenvalue weighted by molar-refractivity contribution is 7.89. The quantitative estimate of drug-likeness (QED) is 0.699. The molecule has 1 N–H and O–H groups in total. The van der Waals surface area contributed by atoms with Crippen molar-refractivity contribution in [3.05, 3.63) is 0 Å². The molecule has 4 nitrogen and oxygen atoms in total. The van der Waals surface area contributed by atoms with E-state index < -0.39 is 15.3 Å². The average Bonchev–Trinajstić information content (AvgIpc) is 2.87. The maximum Gasteiger partial charge on any atom is 0.219 e. The Kier molecular flexibility index (Phi) is 3.32. The van der Waals surface area contributed by atoms with Crippen molar-refractivity contribution in [3.8, 4) is 0 Å². The molecule has 0 amide bonds. The number of rotatable bonds is 5. The van der Waals surface area contributed by atoms with Crippen molar-refractivity contribution in [3.63, 3.8) is 0 Å². The van der Waals surface area contributed by atoms with E-state index in [1.54, 1.807) is 6.92 Å². The summed E-state index contributed by atoms with van der Waals surface area (Å²) >= 11 is 0. The molecule has 1 unspecified atom stereocenters. The zero-order valence-electron chi connectivity index (χ0n) is 8.10. The predicted molar refractivity (Wildman–Crippen MR) is 50.9 cm³/mol. The van der Waals surface area contributed by atoms with Crippen LogP contribution in [0.1, 0.15) is 26.7 Å². The maximum atomic E-state index is 11.7. The van der Waals surface area contributed by atoms with E-state index in [-0.39, 0.29) is 12.6 Å². The van der Waals surface area contributed by atoms with Gasteiger partial charge in [-0.15, -0.1) is 0 Å². The van der Waals surface area contributed by atoms with E-state index in [1.165, 1.54) is 4.31 Å². The van der Waals surface area contributed by atoms with Crippen LogP contribution in [-0.4, -0.2) is 42.3 Å². The molecule has 0 radical (unpaired) electrons. The number of hydrogen-bond donors (Lipinski definition) is 1. The van der Waals surface area contributed by atoms with E-state index in [2.05, 4.69) is 0 Å². The van der Waals surface area contributed by atoms with Crippen LogP contribution in [0.4, 0.5) is 0 Å². The van der Waals surface area contributed by atoms with E-state index in [4.69, 9.17) is 5.11 Å². The van der Waals surface area contributed by atoms with Crippen LogP contribution in [0.15, 0.2) is 0 Å². The first-order valence-electron chi connectivity index (χ1n) is 4.65. The lowest BCUT2D eigenvalue weighted by atomic mass is 10.5. The number of aliphatic hydroxyl groups excluding tert-OH is 1. The van der Waals surface area contributed by atoms with Gasteiger partial charge in [0.2, 0.25) is 10.0 Å². The Morgan fingerprint density at radius 2 is 2.08 bits per heavy atom. The fourth-order valence-corrected chi connectivity index (χ4v) is 2.97. The molecule has 13 heavy (non-hydrogen) atoms. The molecule has 0 bridgehead atoms. The topological polar surface area (TPSA) is 57.6 Å². The Bertz CT molecular complexity index is 259. The highest BCUT2D eigenvalue weighted by Crippen LogP contribution is 2.30. The van der Waals surface area contributed by atoms with Crippen molar-refractivity contribution in [2.45, 2.75) is 38.0 Å². The van der Waals surface area contributed by atoms with Gasteiger partial charge >= 0.3 is 0 Å². The summed E-state index contributed by atoms with van der Waals surface area (Å²) in [6.45, 7) is 3.59. The molecule has 1 atom stereocenters. The number of hydrogen-bond acceptors (Lipinski definition) is 3. The van der Waals surface area contributed by atoms with Crippen LogP contribution in [0.25, 0.3) is 0 Å². The third-order valence-corrected chi connectivity index (χ3v) is 4.73. The molecule has 1 aliphatic rings. The first-order valence-corrected chi connectivity index (χ1v) is 6.15. The smallest absolute Gasteiger partial charge is 0.219 e. The van der Waals surface area contributed by atoms with Gasteiger partial charge in [-0.1, -0.05) is 6.92 Å². The fourth-order valence-electron chi connectivity index (χ4n) is 1.33. The summed E-state index contributed by atoms with van der Waals surface area (Å²) in [7, 11) is -3.25. The zero-order valence-corrected chi connectivity index (χ0v) is 8.92. The standard InChI is InChI=1S/C8H17NO3S/c1-3-9(8-4-5-8)13(11,12)7(2)6-10/h7-8,10H,3-6H2,1-2H3. The summed E-state index contributed by atoms with van der Waals surface area (Å²) in [6.07, 6.45) is 1.93. The molecule has 0 aliphatic heterocycles. The third-order valence-electron chi connectivity index (χ3n) is 2.36. The van der Waals surface area contributed by atoms with Crippen LogP contribution in [0.2, 0.25) is 0 Å². The van der Waals surface area contributed by atoms with E-state index in [0.29, 0.717) is 6.54 Å². The fraction of sp³-hybridized carbons (Fsp3) is 1.00. The molecule has 1 saturated carbocycles. The molecule has 0 aromatic rings. The van der Waals surface area contributed by atoms with Crippen LogP contribution < -0.4 is 0 Å². The highest BCUT2D eigenvalue weighted by atomic mass is 32.2. The lowest BCUT2D eigenvalue weighted by Gasteiger charge is -2.23. The SMILES string of the molecule is CCN(C1CC1)S(=O)(=O)C(C)CO. The molecule has 1 fully saturated rings. The van der Waals surface area contributed by atoms with Gasteiger partial charge in [-0.05, 0) is 19.8 Å². The first-order chi connectivity index (χ1) is 6.04. The van der Waals surface area contributed by atoms with E-state index in [1.807, 2.05) is 6.92 Å². The largest absolute Gasteiger partial charge is 0.395 e. The van der Waals surface area contributed by atoms with Crippen LogP contribution >= 0.6 is 0 Å². The van der Waals surface area contributed by atoms with Crippen LogP contribution in [-0.2, 0) is 10.0 Å². The summed E-state index contributed by atoms with van der Waals surface area (Å²) in [5, 5.41) is 8.14. The van der Waals surface area contributed by atoms with Crippen molar-refractivity contribution in [2.75, 3.05) is 13.2 Å². The van der Waals surface area contributed by atoms with Crippen molar-refractivity contribution in [1.82, 2.24) is 4.31 Å². The predicted octanol–water partition coefficient (Wildman–Crippen LogP) is 0.181. The van der Waals surface area contributed by atoms with Crippen LogP contribution in [0.5, 0.6) is 0 Å². The first kappa shape index (κ1) is 10.9. The lowest BCUT2D eigenvalue weighted by molar-refractivity contribution is 0.288. The van der Waals surface area contributed by atoms with Gasteiger partial charge in [-0.3, -0.25) is 0 Å².